The molecule has 32 heavy (non-hydrogen) atoms. The number of carbonyl (C=O) groups excluding carboxylic acids is 2. The average Bonchev–Trinajstić information content (AvgIpc) is 2.82. The van der Waals surface area contributed by atoms with E-state index in [0.717, 1.165) is 0 Å². The molecule has 6 nitrogen and oxygen atoms in total. The van der Waals surface area contributed by atoms with Crippen LogP contribution in [0.15, 0.2) is 66.7 Å². The van der Waals surface area contributed by atoms with Crippen LogP contribution in [0.2, 0.25) is 0 Å². The lowest BCUT2D eigenvalue weighted by Crippen LogP contribution is -2.16. The summed E-state index contributed by atoms with van der Waals surface area (Å²) < 4.78 is 34.8. The van der Waals surface area contributed by atoms with Crippen LogP contribution in [0.5, 0.6) is 23.0 Å². The summed E-state index contributed by atoms with van der Waals surface area (Å²) in [6.07, 6.45) is 2.86. The Hall–Kier alpha value is -4.13. The summed E-state index contributed by atoms with van der Waals surface area (Å²) in [5, 5.41) is 0. The third-order valence-electron chi connectivity index (χ3n) is 4.70. The van der Waals surface area contributed by atoms with E-state index in [1.165, 1.54) is 49.6 Å². The van der Waals surface area contributed by atoms with Crippen LogP contribution in [0.4, 0.5) is 4.39 Å². The Balaban J connectivity index is 1.41. The van der Waals surface area contributed by atoms with Crippen LogP contribution in [0.3, 0.4) is 0 Å². The molecule has 0 atom stereocenters. The van der Waals surface area contributed by atoms with Crippen LogP contribution < -0.4 is 18.9 Å². The lowest BCUT2D eigenvalue weighted by molar-refractivity contribution is -0.128. The molecule has 1 heterocycles. The molecule has 0 spiro atoms. The summed E-state index contributed by atoms with van der Waals surface area (Å²) >= 11 is 0. The van der Waals surface area contributed by atoms with Gasteiger partial charge in [0.05, 0.1) is 7.11 Å². The predicted molar refractivity (Wildman–Crippen MR) is 115 cm³/mol. The Labute approximate surface area is 183 Å². The first-order valence-electron chi connectivity index (χ1n) is 9.81. The molecule has 0 aliphatic carbocycles. The van der Waals surface area contributed by atoms with E-state index in [1.54, 1.807) is 30.3 Å². The van der Waals surface area contributed by atoms with Gasteiger partial charge in [-0.2, -0.15) is 0 Å². The molecule has 1 aliphatic heterocycles. The molecule has 3 aromatic carbocycles. The van der Waals surface area contributed by atoms with Gasteiger partial charge in [-0.15, -0.1) is 0 Å². The van der Waals surface area contributed by atoms with Gasteiger partial charge in [0, 0.05) is 17.2 Å². The number of ketones is 1. The van der Waals surface area contributed by atoms with Crippen LogP contribution in [0.25, 0.3) is 6.08 Å². The molecule has 0 amide bonds. The Bertz CT molecular complexity index is 1150. The van der Waals surface area contributed by atoms with Crippen molar-refractivity contribution in [3.63, 3.8) is 0 Å². The van der Waals surface area contributed by atoms with E-state index in [4.69, 9.17) is 18.9 Å². The molecule has 0 fully saturated rings. The van der Waals surface area contributed by atoms with Gasteiger partial charge in [0.1, 0.15) is 24.8 Å². The van der Waals surface area contributed by atoms with Gasteiger partial charge in [-0.1, -0.05) is 0 Å². The number of benzene rings is 3. The number of methoxy groups -OCH3 is 1. The van der Waals surface area contributed by atoms with Crippen molar-refractivity contribution in [1.82, 2.24) is 0 Å². The third kappa shape index (κ3) is 4.78. The molecule has 0 saturated carbocycles. The molecular formula is C25H19FO6. The first kappa shape index (κ1) is 21.1. The Morgan fingerprint density at radius 3 is 2.28 bits per heavy atom. The fourth-order valence-electron chi connectivity index (χ4n) is 3.15. The van der Waals surface area contributed by atoms with Gasteiger partial charge in [0.15, 0.2) is 17.3 Å². The highest BCUT2D eigenvalue weighted by Gasteiger charge is 2.18. The monoisotopic (exact) mass is 434 g/mol. The zero-order valence-electron chi connectivity index (χ0n) is 17.2. The standard InChI is InChI=1S/C25H19FO6/c1-29-21-14-16(15-22-25(21)31-13-12-30-22)2-11-23(27)32-20-9-5-18(6-10-20)24(28)17-3-7-19(26)8-4-17/h2-11,14-15H,12-13H2,1H3/b11-2+. The smallest absolute Gasteiger partial charge is 0.336 e. The summed E-state index contributed by atoms with van der Waals surface area (Å²) in [6, 6.07) is 14.9. The van der Waals surface area contributed by atoms with Crippen LogP contribution in [-0.4, -0.2) is 32.1 Å². The molecule has 162 valence electrons. The number of ether oxygens (including phenoxy) is 4. The van der Waals surface area contributed by atoms with Crippen molar-refractivity contribution >= 4 is 17.8 Å². The van der Waals surface area contributed by atoms with E-state index in [-0.39, 0.29) is 11.5 Å². The van der Waals surface area contributed by atoms with Crippen LogP contribution in [0.1, 0.15) is 21.5 Å². The average molecular weight is 434 g/mol. The van der Waals surface area contributed by atoms with Gasteiger partial charge < -0.3 is 18.9 Å². The molecule has 0 N–H and O–H groups in total. The second-order valence-electron chi connectivity index (χ2n) is 6.86. The van der Waals surface area contributed by atoms with Gasteiger partial charge >= 0.3 is 5.97 Å². The fraction of sp³-hybridized carbons (Fsp3) is 0.120. The lowest BCUT2D eigenvalue weighted by atomic mass is 10.0. The lowest BCUT2D eigenvalue weighted by Gasteiger charge is -2.20. The molecule has 0 saturated heterocycles. The van der Waals surface area contributed by atoms with E-state index < -0.39 is 11.8 Å². The highest BCUT2D eigenvalue weighted by atomic mass is 19.1. The SMILES string of the molecule is COc1cc(/C=C/C(=O)Oc2ccc(C(=O)c3ccc(F)cc3)cc2)cc2c1OCCO2. The molecule has 4 rings (SSSR count). The predicted octanol–water partition coefficient (Wildman–Crippen LogP) is 4.46. The maximum absolute atomic E-state index is 13.0. The quantitative estimate of drug-likeness (QED) is 0.247. The Morgan fingerprint density at radius 2 is 1.59 bits per heavy atom. The van der Waals surface area contributed by atoms with Gasteiger partial charge in [0.25, 0.3) is 0 Å². The number of halogens is 1. The number of hydrogen-bond acceptors (Lipinski definition) is 6. The van der Waals surface area contributed by atoms with E-state index in [1.807, 2.05) is 0 Å². The van der Waals surface area contributed by atoms with Crippen molar-refractivity contribution in [2.24, 2.45) is 0 Å². The first-order valence-corrected chi connectivity index (χ1v) is 9.81. The molecule has 3 aromatic rings. The topological polar surface area (TPSA) is 71.1 Å². The molecule has 0 aromatic heterocycles. The van der Waals surface area contributed by atoms with E-state index in [0.29, 0.717) is 47.2 Å². The first-order chi connectivity index (χ1) is 15.5. The Kier molecular flexibility index (Phi) is 6.17. The van der Waals surface area contributed by atoms with Gasteiger partial charge in [0.2, 0.25) is 5.75 Å². The van der Waals surface area contributed by atoms with Crippen molar-refractivity contribution in [1.29, 1.82) is 0 Å². The second-order valence-corrected chi connectivity index (χ2v) is 6.86. The normalized spacial score (nSPS) is 12.4. The number of esters is 1. The highest BCUT2D eigenvalue weighted by molar-refractivity contribution is 6.09. The second kappa shape index (κ2) is 9.34. The molecule has 1 aliphatic rings. The molecule has 0 radical (unpaired) electrons. The minimum absolute atomic E-state index is 0.254. The number of fused-ring (bicyclic) bond motifs is 1. The largest absolute Gasteiger partial charge is 0.493 e. The molecule has 0 unspecified atom stereocenters. The van der Waals surface area contributed by atoms with Crippen molar-refractivity contribution in [3.05, 3.63) is 89.2 Å². The summed E-state index contributed by atoms with van der Waals surface area (Å²) in [6.45, 7) is 0.879. The zero-order valence-corrected chi connectivity index (χ0v) is 17.2. The maximum atomic E-state index is 13.0. The van der Waals surface area contributed by atoms with Gasteiger partial charge in [-0.3, -0.25) is 4.79 Å². The zero-order chi connectivity index (χ0) is 22.5. The van der Waals surface area contributed by atoms with E-state index in [9.17, 15) is 14.0 Å². The molecular weight excluding hydrogens is 415 g/mol. The van der Waals surface area contributed by atoms with Crippen molar-refractivity contribution in [2.75, 3.05) is 20.3 Å². The number of rotatable bonds is 6. The molecule has 0 bridgehead atoms. The molecule has 7 heteroatoms. The Morgan fingerprint density at radius 1 is 0.938 bits per heavy atom. The van der Waals surface area contributed by atoms with Crippen molar-refractivity contribution in [3.8, 4) is 23.0 Å². The highest BCUT2D eigenvalue weighted by Crippen LogP contribution is 2.40. The summed E-state index contributed by atoms with van der Waals surface area (Å²) in [5.41, 5.74) is 1.45. The van der Waals surface area contributed by atoms with Crippen molar-refractivity contribution < 1.29 is 32.9 Å². The summed E-state index contributed by atoms with van der Waals surface area (Å²) in [7, 11) is 1.53. The van der Waals surface area contributed by atoms with Crippen LogP contribution in [-0.2, 0) is 4.79 Å². The minimum Gasteiger partial charge on any atom is -0.493 e. The van der Waals surface area contributed by atoms with Crippen LogP contribution in [0, 0.1) is 5.82 Å². The fourth-order valence-corrected chi connectivity index (χ4v) is 3.15. The van der Waals surface area contributed by atoms with Gasteiger partial charge in [-0.25, -0.2) is 9.18 Å². The van der Waals surface area contributed by atoms with E-state index >= 15 is 0 Å². The van der Waals surface area contributed by atoms with Crippen LogP contribution >= 0.6 is 0 Å². The maximum Gasteiger partial charge on any atom is 0.336 e. The minimum atomic E-state index is -0.587. The van der Waals surface area contributed by atoms with Gasteiger partial charge in [-0.05, 0) is 72.3 Å². The van der Waals surface area contributed by atoms with Crippen molar-refractivity contribution in [2.45, 2.75) is 0 Å². The summed E-state index contributed by atoms with van der Waals surface area (Å²) in [5.74, 6) is 0.629. The number of carbonyl (C=O) groups is 2. The van der Waals surface area contributed by atoms with E-state index in [2.05, 4.69) is 0 Å². The summed E-state index contributed by atoms with van der Waals surface area (Å²) in [4.78, 5) is 24.6. The third-order valence-corrected chi connectivity index (χ3v) is 4.70. The number of hydrogen-bond donors (Lipinski definition) is 0.